The third-order valence-electron chi connectivity index (χ3n) is 14.6. The van der Waals surface area contributed by atoms with Crippen molar-refractivity contribution < 1.29 is 0 Å². The van der Waals surface area contributed by atoms with Crippen LogP contribution in [0, 0.1) is 0 Å². The zero-order valence-electron chi connectivity index (χ0n) is 34.9. The first-order chi connectivity index (χ1) is 31.8. The van der Waals surface area contributed by atoms with Gasteiger partial charge in [0.25, 0.3) is 0 Å². The normalized spacial score (nSPS) is 14.2. The van der Waals surface area contributed by atoms with E-state index in [1.54, 1.807) is 0 Å². The number of benzene rings is 10. The summed E-state index contributed by atoms with van der Waals surface area (Å²) in [5.41, 5.74) is 20.7. The van der Waals surface area contributed by atoms with Crippen molar-refractivity contribution >= 4 is 48.6 Å². The van der Waals surface area contributed by atoms with Crippen molar-refractivity contribution in [3.05, 3.63) is 281 Å². The maximum absolute atomic E-state index is 2.51. The predicted molar refractivity (Wildman–Crippen MR) is 268 cm³/mol. The zero-order chi connectivity index (χ0) is 42.0. The first kappa shape index (κ1) is 35.8. The summed E-state index contributed by atoms with van der Waals surface area (Å²) in [5.74, 6) is 0. The molecule has 2 heteroatoms. The Morgan fingerprint density at radius 1 is 0.297 bits per heavy atom. The van der Waals surface area contributed by atoms with E-state index in [4.69, 9.17) is 0 Å². The van der Waals surface area contributed by atoms with Crippen molar-refractivity contribution in [2.24, 2.45) is 0 Å². The zero-order valence-corrected chi connectivity index (χ0v) is 35.7. The third kappa shape index (κ3) is 4.57. The van der Waals surface area contributed by atoms with Crippen LogP contribution in [0.1, 0.15) is 44.5 Å². The first-order valence-electron chi connectivity index (χ1n) is 22.3. The smallest absolute Gasteiger partial charge is 0.0720 e. The molecule has 2 spiro atoms. The maximum Gasteiger partial charge on any atom is 0.0720 e. The van der Waals surface area contributed by atoms with Gasteiger partial charge in [0.1, 0.15) is 0 Å². The SMILES string of the molecule is c1ccc(-c2ccc(N(c3ccc4c(c3)sc3ccccc34)c3cccc4c3-c3ccccc3C43c4ccccc4C4(c5ccccc5-c5ccccc54)c4ccccc43)cc2)cc1. The predicted octanol–water partition coefficient (Wildman–Crippen LogP) is 16.2. The molecule has 11 aromatic rings. The van der Waals surface area contributed by atoms with E-state index in [-0.39, 0.29) is 0 Å². The number of hydrogen-bond acceptors (Lipinski definition) is 2. The fourth-order valence-corrected chi connectivity index (χ4v) is 13.3. The Labute approximate surface area is 376 Å². The van der Waals surface area contributed by atoms with Crippen LogP contribution in [0.15, 0.2) is 237 Å². The number of nitrogens with zero attached hydrogens (tertiary/aromatic N) is 1. The van der Waals surface area contributed by atoms with Crippen LogP contribution in [-0.4, -0.2) is 0 Å². The number of anilines is 3. The van der Waals surface area contributed by atoms with E-state index >= 15 is 0 Å². The fourth-order valence-electron chi connectivity index (χ4n) is 12.2. The molecule has 0 amide bonds. The van der Waals surface area contributed by atoms with Crippen LogP contribution in [0.25, 0.3) is 53.6 Å². The molecular formula is C62H39NS. The lowest BCUT2D eigenvalue weighted by Gasteiger charge is -2.48. The summed E-state index contributed by atoms with van der Waals surface area (Å²) in [6, 6.07) is 89.1. The Hall–Kier alpha value is -7.78. The molecule has 1 heterocycles. The Kier molecular flexibility index (Phi) is 7.47. The Bertz CT molecular complexity index is 3590. The van der Waals surface area contributed by atoms with Crippen LogP contribution in [0.3, 0.4) is 0 Å². The molecular weight excluding hydrogens is 791 g/mol. The first-order valence-corrected chi connectivity index (χ1v) is 23.1. The molecule has 0 atom stereocenters. The van der Waals surface area contributed by atoms with E-state index in [0.717, 1.165) is 11.4 Å². The van der Waals surface area contributed by atoms with Gasteiger partial charge in [-0.2, -0.15) is 0 Å². The van der Waals surface area contributed by atoms with E-state index in [1.807, 2.05) is 11.3 Å². The monoisotopic (exact) mass is 829 g/mol. The molecule has 1 aromatic heterocycles. The molecule has 0 bridgehead atoms. The van der Waals surface area contributed by atoms with Gasteiger partial charge in [0.2, 0.25) is 0 Å². The van der Waals surface area contributed by atoms with Crippen LogP contribution in [0.5, 0.6) is 0 Å². The fraction of sp³-hybridized carbons (Fsp3) is 0.0323. The second-order valence-electron chi connectivity index (χ2n) is 17.5. The highest BCUT2D eigenvalue weighted by Gasteiger charge is 2.59. The summed E-state index contributed by atoms with van der Waals surface area (Å²) < 4.78 is 2.59. The van der Waals surface area contributed by atoms with Crippen molar-refractivity contribution in [3.8, 4) is 33.4 Å². The van der Waals surface area contributed by atoms with Gasteiger partial charge in [-0.05, 0) is 109 Å². The number of hydrogen-bond donors (Lipinski definition) is 0. The molecule has 0 radical (unpaired) electrons. The van der Waals surface area contributed by atoms with Crippen molar-refractivity contribution in [2.45, 2.75) is 10.8 Å². The second-order valence-corrected chi connectivity index (χ2v) is 18.5. The average molecular weight is 830 g/mol. The molecule has 64 heavy (non-hydrogen) atoms. The van der Waals surface area contributed by atoms with Crippen LogP contribution in [0.2, 0.25) is 0 Å². The highest BCUT2D eigenvalue weighted by molar-refractivity contribution is 7.25. The van der Waals surface area contributed by atoms with Gasteiger partial charge in [0.05, 0.1) is 16.5 Å². The van der Waals surface area contributed by atoms with E-state index in [9.17, 15) is 0 Å². The van der Waals surface area contributed by atoms with Gasteiger partial charge in [-0.1, -0.05) is 200 Å². The van der Waals surface area contributed by atoms with Crippen LogP contribution >= 0.6 is 11.3 Å². The molecule has 1 nitrogen and oxygen atoms in total. The minimum absolute atomic E-state index is 0.479. The van der Waals surface area contributed by atoms with Crippen molar-refractivity contribution in [3.63, 3.8) is 0 Å². The summed E-state index contributed by atoms with van der Waals surface area (Å²) in [4.78, 5) is 2.51. The highest BCUT2D eigenvalue weighted by atomic mass is 32.1. The van der Waals surface area contributed by atoms with Crippen molar-refractivity contribution in [1.82, 2.24) is 0 Å². The summed E-state index contributed by atoms with van der Waals surface area (Å²) in [7, 11) is 0. The van der Waals surface area contributed by atoms with Gasteiger partial charge < -0.3 is 4.90 Å². The standard InChI is InChI=1S/C62H39NS/c1-2-17-40(18-3-1)41-33-35-42(36-34-41)63(43-37-38-47-46-21-7-15-32-58(46)64-59(47)39-43)57-31-16-30-56-60(57)48-22-6-10-25-51(48)62(56)54-28-13-11-26-52(54)61(53-27-12-14-29-55(53)62)49-23-8-4-19-44(49)45-20-5-9-24-50(45)61/h1-39H. The molecule has 0 saturated carbocycles. The quantitative estimate of drug-likeness (QED) is 0.171. The van der Waals surface area contributed by atoms with Crippen LogP contribution in [0.4, 0.5) is 17.1 Å². The van der Waals surface area contributed by atoms with Crippen molar-refractivity contribution in [1.29, 1.82) is 0 Å². The summed E-state index contributed by atoms with van der Waals surface area (Å²) in [6.07, 6.45) is 0. The largest absolute Gasteiger partial charge is 0.310 e. The highest BCUT2D eigenvalue weighted by Crippen LogP contribution is 2.68. The van der Waals surface area contributed by atoms with E-state index in [2.05, 4.69) is 241 Å². The third-order valence-corrected chi connectivity index (χ3v) is 15.7. The molecule has 0 saturated heterocycles. The van der Waals surface area contributed by atoms with E-state index in [0.29, 0.717) is 0 Å². The number of fused-ring (bicyclic) bond motifs is 19. The van der Waals surface area contributed by atoms with E-state index < -0.39 is 10.8 Å². The van der Waals surface area contributed by atoms with Gasteiger partial charge in [-0.15, -0.1) is 11.3 Å². The lowest BCUT2D eigenvalue weighted by Crippen LogP contribution is -2.43. The summed E-state index contributed by atoms with van der Waals surface area (Å²) in [5, 5.41) is 2.61. The Morgan fingerprint density at radius 2 is 0.750 bits per heavy atom. The average Bonchev–Trinajstić information content (AvgIpc) is 3.99. The maximum atomic E-state index is 2.51. The van der Waals surface area contributed by atoms with E-state index in [1.165, 1.54) is 104 Å². The van der Waals surface area contributed by atoms with Gasteiger partial charge in [-0.25, -0.2) is 0 Å². The van der Waals surface area contributed by atoms with Gasteiger partial charge >= 0.3 is 0 Å². The molecule has 0 unspecified atom stereocenters. The second kappa shape index (κ2) is 13.4. The van der Waals surface area contributed by atoms with Crippen molar-refractivity contribution in [2.75, 3.05) is 4.90 Å². The van der Waals surface area contributed by atoms with Gasteiger partial charge in [0.15, 0.2) is 0 Å². The number of thiophene rings is 1. The number of rotatable bonds is 4. The summed E-state index contributed by atoms with van der Waals surface area (Å²) >= 11 is 1.87. The van der Waals surface area contributed by atoms with Crippen LogP contribution < -0.4 is 4.90 Å². The molecule has 3 aliphatic carbocycles. The lowest BCUT2D eigenvalue weighted by molar-refractivity contribution is 0.633. The lowest BCUT2D eigenvalue weighted by atomic mass is 9.52. The molecule has 10 aromatic carbocycles. The Morgan fingerprint density at radius 3 is 1.39 bits per heavy atom. The molecule has 0 aliphatic heterocycles. The summed E-state index contributed by atoms with van der Waals surface area (Å²) in [6.45, 7) is 0. The Balaban J connectivity index is 1.06. The molecule has 0 N–H and O–H groups in total. The molecule has 298 valence electrons. The van der Waals surface area contributed by atoms with Crippen LogP contribution in [-0.2, 0) is 10.8 Å². The van der Waals surface area contributed by atoms with Gasteiger partial charge in [-0.3, -0.25) is 0 Å². The minimum Gasteiger partial charge on any atom is -0.310 e. The topological polar surface area (TPSA) is 3.24 Å². The molecule has 14 rings (SSSR count). The molecule has 3 aliphatic rings. The molecule has 0 fully saturated rings. The minimum atomic E-state index is -0.578. The van der Waals surface area contributed by atoms with Gasteiger partial charge in [0, 0.05) is 37.1 Å².